The Balaban J connectivity index is 0.00000204. The highest BCUT2D eigenvalue weighted by atomic mass is 16.1. The lowest BCUT2D eigenvalue weighted by atomic mass is 9.98. The van der Waals surface area contributed by atoms with E-state index in [4.69, 9.17) is 10.7 Å². The SMILES string of the molecule is CC(C)C[C@H]1CN(c2ccc(Cc3ccccc3)c(C(=O)c3cccnc3N)n2)CCN1.[HH].[HH].[HH]. The Hall–Kier alpha value is -3.25. The van der Waals surface area contributed by atoms with Gasteiger partial charge in [-0.25, -0.2) is 9.97 Å². The molecule has 0 saturated carbocycles. The number of carbonyl (C=O) groups excluding carboxylic acids is 1. The molecule has 1 fully saturated rings. The average molecular weight is 436 g/mol. The van der Waals surface area contributed by atoms with Crippen LogP contribution in [0.4, 0.5) is 11.6 Å². The molecule has 2 aromatic heterocycles. The monoisotopic (exact) mass is 435 g/mol. The van der Waals surface area contributed by atoms with E-state index in [1.54, 1.807) is 18.3 Å². The number of nitrogens with two attached hydrogens (primary N) is 1. The van der Waals surface area contributed by atoms with E-state index in [1.165, 1.54) is 0 Å². The molecule has 6 heteroatoms. The fourth-order valence-electron chi connectivity index (χ4n) is 4.31. The summed E-state index contributed by atoms with van der Waals surface area (Å²) >= 11 is 0. The number of piperazine rings is 1. The standard InChI is InChI=1S/C26H31N5O.3H2/c1-18(2)15-21-17-31(14-13-28-21)23-11-10-20(16-19-7-4-3-5-8-19)24(30-23)25(32)22-9-6-12-29-26(22)27;;;/h3-12,18,21,28H,13-17H2,1-2H3,(H2,27,29);3*1H/t21-;;;/m0.../s1. The van der Waals surface area contributed by atoms with Crippen LogP contribution in [0, 0.1) is 5.92 Å². The predicted octanol–water partition coefficient (Wildman–Crippen LogP) is 4.44. The van der Waals surface area contributed by atoms with Crippen molar-refractivity contribution in [3.63, 3.8) is 0 Å². The van der Waals surface area contributed by atoms with Gasteiger partial charge in [0.05, 0.1) is 5.56 Å². The van der Waals surface area contributed by atoms with Crippen LogP contribution in [-0.4, -0.2) is 41.4 Å². The van der Waals surface area contributed by atoms with Gasteiger partial charge in [-0.15, -0.1) is 0 Å². The van der Waals surface area contributed by atoms with Gasteiger partial charge in [-0.1, -0.05) is 50.2 Å². The molecular weight excluding hydrogens is 398 g/mol. The predicted molar refractivity (Wildman–Crippen MR) is 135 cm³/mol. The Morgan fingerprint density at radius 3 is 2.75 bits per heavy atom. The molecule has 4 rings (SSSR count). The third-order valence-electron chi connectivity index (χ3n) is 5.84. The normalized spacial score (nSPS) is 16.3. The van der Waals surface area contributed by atoms with Crippen LogP contribution < -0.4 is 16.0 Å². The molecule has 0 radical (unpaired) electrons. The van der Waals surface area contributed by atoms with Crippen molar-refractivity contribution in [2.75, 3.05) is 30.3 Å². The molecule has 6 nitrogen and oxygen atoms in total. The van der Waals surface area contributed by atoms with Crippen molar-refractivity contribution in [1.82, 2.24) is 15.3 Å². The minimum Gasteiger partial charge on any atom is -0.383 e. The summed E-state index contributed by atoms with van der Waals surface area (Å²) in [6.07, 6.45) is 3.34. The molecule has 1 aliphatic rings. The molecule has 0 aliphatic carbocycles. The van der Waals surface area contributed by atoms with E-state index in [-0.39, 0.29) is 15.9 Å². The number of nitrogens with zero attached hydrogens (tertiary/aromatic N) is 3. The van der Waals surface area contributed by atoms with Crippen LogP contribution in [0.1, 0.15) is 51.7 Å². The van der Waals surface area contributed by atoms with Crippen molar-refractivity contribution < 1.29 is 9.07 Å². The number of pyridine rings is 2. The number of hydrogen-bond donors (Lipinski definition) is 2. The van der Waals surface area contributed by atoms with Crippen LogP contribution in [0.15, 0.2) is 60.8 Å². The number of anilines is 2. The van der Waals surface area contributed by atoms with Crippen LogP contribution in [0.2, 0.25) is 0 Å². The van der Waals surface area contributed by atoms with Crippen LogP contribution >= 0.6 is 0 Å². The number of aromatic nitrogens is 2. The fraction of sp³-hybridized carbons (Fsp3) is 0.346. The smallest absolute Gasteiger partial charge is 0.215 e. The number of nitrogen functional groups attached to an aromatic ring is 1. The summed E-state index contributed by atoms with van der Waals surface area (Å²) < 4.78 is 0. The van der Waals surface area contributed by atoms with E-state index in [0.717, 1.165) is 43.0 Å². The lowest BCUT2D eigenvalue weighted by Gasteiger charge is -2.35. The summed E-state index contributed by atoms with van der Waals surface area (Å²) in [4.78, 5) is 24.8. The van der Waals surface area contributed by atoms with Gasteiger partial charge in [0.15, 0.2) is 0 Å². The first kappa shape index (κ1) is 22.0. The molecule has 1 aliphatic heterocycles. The Kier molecular flexibility index (Phi) is 6.81. The molecule has 0 amide bonds. The summed E-state index contributed by atoms with van der Waals surface area (Å²) in [6.45, 7) is 7.14. The van der Waals surface area contributed by atoms with Crippen molar-refractivity contribution >= 4 is 17.4 Å². The summed E-state index contributed by atoms with van der Waals surface area (Å²) in [7, 11) is 0. The maximum Gasteiger partial charge on any atom is 0.215 e. The van der Waals surface area contributed by atoms with Crippen LogP contribution in [0.25, 0.3) is 0 Å². The minimum atomic E-state index is -0.183. The van der Waals surface area contributed by atoms with Gasteiger partial charge < -0.3 is 16.0 Å². The van der Waals surface area contributed by atoms with Gasteiger partial charge in [-0.2, -0.15) is 0 Å². The molecule has 172 valence electrons. The maximum atomic E-state index is 13.5. The first-order valence-electron chi connectivity index (χ1n) is 11.3. The molecule has 3 heterocycles. The molecule has 32 heavy (non-hydrogen) atoms. The van der Waals surface area contributed by atoms with Gasteiger partial charge in [0, 0.05) is 36.2 Å². The van der Waals surface area contributed by atoms with Crippen molar-refractivity contribution in [2.24, 2.45) is 5.92 Å². The zero-order chi connectivity index (χ0) is 22.5. The molecule has 3 N–H and O–H groups in total. The second-order valence-corrected chi connectivity index (χ2v) is 8.83. The summed E-state index contributed by atoms with van der Waals surface area (Å²) in [5.41, 5.74) is 8.90. The van der Waals surface area contributed by atoms with E-state index in [2.05, 4.69) is 41.2 Å². The number of benzene rings is 1. The number of carbonyl (C=O) groups is 1. The molecule has 3 aromatic rings. The van der Waals surface area contributed by atoms with Crippen LogP contribution in [0.5, 0.6) is 0 Å². The van der Waals surface area contributed by atoms with Crippen LogP contribution in [0.3, 0.4) is 0 Å². The first-order chi connectivity index (χ1) is 15.5. The Labute approximate surface area is 194 Å². The van der Waals surface area contributed by atoms with Gasteiger partial charge >= 0.3 is 0 Å². The largest absolute Gasteiger partial charge is 0.383 e. The van der Waals surface area contributed by atoms with Gasteiger partial charge in [0.1, 0.15) is 17.3 Å². The van der Waals surface area contributed by atoms with Gasteiger partial charge in [-0.3, -0.25) is 4.79 Å². The minimum absolute atomic E-state index is 0. The topological polar surface area (TPSA) is 84.1 Å². The van der Waals surface area contributed by atoms with E-state index >= 15 is 0 Å². The van der Waals surface area contributed by atoms with Gasteiger partial charge in [-0.05, 0) is 48.1 Å². The van der Waals surface area contributed by atoms with Gasteiger partial charge in [0.2, 0.25) is 5.78 Å². The zero-order valence-corrected chi connectivity index (χ0v) is 18.8. The molecule has 0 spiro atoms. The number of ketones is 1. The average Bonchev–Trinajstić information content (AvgIpc) is 2.80. The van der Waals surface area contributed by atoms with E-state index in [1.807, 2.05) is 30.3 Å². The number of hydrogen-bond acceptors (Lipinski definition) is 6. The molecular formula is C26H37N5O. The van der Waals surface area contributed by atoms with E-state index in [0.29, 0.717) is 29.6 Å². The zero-order valence-electron chi connectivity index (χ0n) is 18.8. The first-order valence-corrected chi connectivity index (χ1v) is 11.3. The Morgan fingerprint density at radius 2 is 2.00 bits per heavy atom. The third-order valence-corrected chi connectivity index (χ3v) is 5.84. The summed E-state index contributed by atoms with van der Waals surface area (Å²) in [5.74, 6) is 1.51. The highest BCUT2D eigenvalue weighted by molar-refractivity contribution is 6.11. The summed E-state index contributed by atoms with van der Waals surface area (Å²) in [6, 6.07) is 18.1. The second kappa shape index (κ2) is 9.92. The maximum absolute atomic E-state index is 13.5. The van der Waals surface area contributed by atoms with Crippen LogP contribution in [-0.2, 0) is 6.42 Å². The lowest BCUT2D eigenvalue weighted by molar-refractivity contribution is 0.103. The molecule has 1 atom stereocenters. The highest BCUT2D eigenvalue weighted by Crippen LogP contribution is 2.24. The second-order valence-electron chi connectivity index (χ2n) is 8.83. The van der Waals surface area contributed by atoms with E-state index < -0.39 is 0 Å². The molecule has 1 saturated heterocycles. The Morgan fingerprint density at radius 1 is 1.19 bits per heavy atom. The quantitative estimate of drug-likeness (QED) is 0.534. The molecule has 1 aromatic carbocycles. The fourth-order valence-corrected chi connectivity index (χ4v) is 4.31. The van der Waals surface area contributed by atoms with Gasteiger partial charge in [0.25, 0.3) is 0 Å². The number of nitrogens with one attached hydrogen (secondary N) is 1. The molecule has 0 unspecified atom stereocenters. The number of rotatable bonds is 7. The third kappa shape index (κ3) is 5.14. The Bertz CT molecular complexity index is 1080. The van der Waals surface area contributed by atoms with Crippen molar-refractivity contribution in [3.8, 4) is 0 Å². The van der Waals surface area contributed by atoms with E-state index in [9.17, 15) is 4.79 Å². The van der Waals surface area contributed by atoms with Crippen molar-refractivity contribution in [3.05, 3.63) is 83.2 Å². The summed E-state index contributed by atoms with van der Waals surface area (Å²) in [5, 5.41) is 3.60. The van der Waals surface area contributed by atoms with Crippen molar-refractivity contribution in [1.29, 1.82) is 0 Å². The van der Waals surface area contributed by atoms with Crippen molar-refractivity contribution in [2.45, 2.75) is 32.7 Å². The highest BCUT2D eigenvalue weighted by Gasteiger charge is 2.24. The lowest BCUT2D eigenvalue weighted by Crippen LogP contribution is -2.51. The molecule has 0 bridgehead atoms.